The number of likely N-dealkylation sites (tertiary alicyclic amines) is 2. The van der Waals surface area contributed by atoms with Crippen LogP contribution in [0.2, 0.25) is 0 Å². The molecule has 7 heteroatoms. The Balaban J connectivity index is 1.63. The van der Waals surface area contributed by atoms with Gasteiger partial charge in [-0.25, -0.2) is 4.79 Å². The SMILES string of the molecule is CCCCC/C=C\C/C=C\CCCCCCCCOC(=O)C1CC(NC(=O)CN2CCCC2)CN1C(=O)CCCCCCC/C=C\C/C=C\CCCCC. The maximum Gasteiger partial charge on any atom is 0.328 e. The van der Waals surface area contributed by atoms with Crippen LogP contribution in [0.5, 0.6) is 0 Å². The van der Waals surface area contributed by atoms with Gasteiger partial charge in [-0.3, -0.25) is 14.5 Å². The molecule has 54 heavy (non-hydrogen) atoms. The molecule has 2 heterocycles. The number of carbonyl (C=O) groups excluding carboxylic acids is 3. The van der Waals surface area contributed by atoms with Crippen LogP contribution < -0.4 is 5.32 Å². The van der Waals surface area contributed by atoms with E-state index in [2.05, 4.69) is 72.7 Å². The largest absolute Gasteiger partial charge is 0.464 e. The summed E-state index contributed by atoms with van der Waals surface area (Å²) in [6.07, 6.45) is 48.0. The van der Waals surface area contributed by atoms with E-state index in [1.165, 1.54) is 83.5 Å². The zero-order valence-electron chi connectivity index (χ0n) is 34.9. The molecule has 2 aliphatic heterocycles. The smallest absolute Gasteiger partial charge is 0.328 e. The number of rotatable bonds is 33. The Bertz CT molecular complexity index is 1080. The lowest BCUT2D eigenvalue weighted by atomic mass is 10.1. The van der Waals surface area contributed by atoms with Crippen LogP contribution in [0.3, 0.4) is 0 Å². The molecule has 1 N–H and O–H groups in total. The van der Waals surface area contributed by atoms with E-state index in [0.717, 1.165) is 90.1 Å². The fraction of sp³-hybridized carbons (Fsp3) is 0.766. The van der Waals surface area contributed by atoms with E-state index in [1.54, 1.807) is 4.90 Å². The fourth-order valence-electron chi connectivity index (χ4n) is 7.45. The Morgan fingerprint density at radius 1 is 0.611 bits per heavy atom. The number of hydrogen-bond donors (Lipinski definition) is 1. The molecule has 2 fully saturated rings. The lowest BCUT2D eigenvalue weighted by Crippen LogP contribution is -2.43. The highest BCUT2D eigenvalue weighted by molar-refractivity contribution is 5.86. The number of amides is 2. The van der Waals surface area contributed by atoms with Gasteiger partial charge in [0, 0.05) is 25.4 Å². The van der Waals surface area contributed by atoms with Crippen LogP contribution in [0.4, 0.5) is 0 Å². The van der Waals surface area contributed by atoms with Crippen LogP contribution in [0, 0.1) is 0 Å². The van der Waals surface area contributed by atoms with Crippen molar-refractivity contribution in [3.8, 4) is 0 Å². The highest BCUT2D eigenvalue weighted by atomic mass is 16.5. The summed E-state index contributed by atoms with van der Waals surface area (Å²) in [6.45, 7) is 7.57. The molecule has 2 amide bonds. The molecule has 0 spiro atoms. The van der Waals surface area contributed by atoms with Gasteiger partial charge >= 0.3 is 5.97 Å². The first-order chi connectivity index (χ1) is 26.5. The molecule has 2 atom stereocenters. The van der Waals surface area contributed by atoms with Crippen molar-refractivity contribution in [2.45, 2.75) is 199 Å². The van der Waals surface area contributed by atoms with Gasteiger partial charge in [0.2, 0.25) is 11.8 Å². The third-order valence-corrected chi connectivity index (χ3v) is 10.8. The summed E-state index contributed by atoms with van der Waals surface area (Å²) in [5.41, 5.74) is 0. The molecule has 0 radical (unpaired) electrons. The van der Waals surface area contributed by atoms with E-state index in [-0.39, 0.29) is 23.8 Å². The van der Waals surface area contributed by atoms with Crippen molar-refractivity contribution < 1.29 is 19.1 Å². The number of unbranched alkanes of at least 4 members (excludes halogenated alkanes) is 17. The summed E-state index contributed by atoms with van der Waals surface area (Å²) in [7, 11) is 0. The normalized spacial score (nSPS) is 18.0. The van der Waals surface area contributed by atoms with Gasteiger partial charge < -0.3 is 15.0 Å². The van der Waals surface area contributed by atoms with Crippen molar-refractivity contribution in [1.29, 1.82) is 0 Å². The number of allylic oxidation sites excluding steroid dienone is 8. The zero-order valence-corrected chi connectivity index (χ0v) is 34.9. The predicted molar refractivity (Wildman–Crippen MR) is 227 cm³/mol. The summed E-state index contributed by atoms with van der Waals surface area (Å²) >= 11 is 0. The van der Waals surface area contributed by atoms with Gasteiger partial charge in [0.25, 0.3) is 0 Å². The zero-order chi connectivity index (χ0) is 38.7. The summed E-state index contributed by atoms with van der Waals surface area (Å²) < 4.78 is 5.74. The highest BCUT2D eigenvalue weighted by Crippen LogP contribution is 2.22. The lowest BCUT2D eigenvalue weighted by molar-refractivity contribution is -0.153. The number of nitrogens with one attached hydrogen (secondary N) is 1. The first-order valence-electron chi connectivity index (χ1n) is 22.6. The highest BCUT2D eigenvalue weighted by Gasteiger charge is 2.41. The third-order valence-electron chi connectivity index (χ3n) is 10.8. The second kappa shape index (κ2) is 33.6. The topological polar surface area (TPSA) is 79.0 Å². The van der Waals surface area contributed by atoms with Crippen LogP contribution in [-0.4, -0.2) is 72.5 Å². The Kier molecular flexibility index (Phi) is 29.6. The molecule has 0 aromatic carbocycles. The third kappa shape index (κ3) is 24.7. The van der Waals surface area contributed by atoms with E-state index in [1.807, 2.05) is 0 Å². The number of carbonyl (C=O) groups is 3. The Morgan fingerprint density at radius 3 is 1.63 bits per heavy atom. The molecule has 0 aromatic rings. The van der Waals surface area contributed by atoms with Crippen molar-refractivity contribution in [3.63, 3.8) is 0 Å². The summed E-state index contributed by atoms with van der Waals surface area (Å²) in [5.74, 6) is -0.326. The monoisotopic (exact) mass is 752 g/mol. The van der Waals surface area contributed by atoms with Crippen molar-refractivity contribution in [1.82, 2.24) is 15.1 Å². The predicted octanol–water partition coefficient (Wildman–Crippen LogP) is 11.3. The Labute approximate surface area is 331 Å². The van der Waals surface area contributed by atoms with Gasteiger partial charge in [-0.15, -0.1) is 0 Å². The van der Waals surface area contributed by atoms with Gasteiger partial charge in [-0.1, -0.05) is 133 Å². The van der Waals surface area contributed by atoms with Gasteiger partial charge in [-0.2, -0.15) is 0 Å². The van der Waals surface area contributed by atoms with Crippen molar-refractivity contribution in [2.24, 2.45) is 0 Å². The van der Waals surface area contributed by atoms with Crippen LogP contribution in [-0.2, 0) is 19.1 Å². The van der Waals surface area contributed by atoms with Crippen LogP contribution in [0.1, 0.15) is 187 Å². The van der Waals surface area contributed by atoms with Gasteiger partial charge in [0.1, 0.15) is 6.04 Å². The first-order valence-corrected chi connectivity index (χ1v) is 22.6. The molecule has 0 saturated carbocycles. The number of nitrogens with zero attached hydrogens (tertiary/aromatic N) is 2. The van der Waals surface area contributed by atoms with Crippen molar-refractivity contribution in [3.05, 3.63) is 48.6 Å². The van der Waals surface area contributed by atoms with Crippen LogP contribution >= 0.6 is 0 Å². The lowest BCUT2D eigenvalue weighted by Gasteiger charge is -2.23. The number of esters is 1. The molecule has 2 saturated heterocycles. The van der Waals surface area contributed by atoms with Crippen molar-refractivity contribution >= 4 is 17.8 Å². The first kappa shape index (κ1) is 47.5. The van der Waals surface area contributed by atoms with Crippen LogP contribution in [0.25, 0.3) is 0 Å². The molecular formula is C47H81N3O4. The summed E-state index contributed by atoms with van der Waals surface area (Å²) in [5, 5.41) is 3.12. The minimum Gasteiger partial charge on any atom is -0.464 e. The molecule has 2 aliphatic rings. The minimum absolute atomic E-state index is 0.00708. The maximum absolute atomic E-state index is 13.4. The van der Waals surface area contributed by atoms with Gasteiger partial charge in [0.15, 0.2) is 0 Å². The van der Waals surface area contributed by atoms with E-state index in [0.29, 0.717) is 32.5 Å². The van der Waals surface area contributed by atoms with E-state index in [4.69, 9.17) is 4.74 Å². The van der Waals surface area contributed by atoms with Crippen molar-refractivity contribution in [2.75, 3.05) is 32.8 Å². The average Bonchev–Trinajstić information content (AvgIpc) is 3.84. The van der Waals surface area contributed by atoms with E-state index in [9.17, 15) is 14.4 Å². The average molecular weight is 752 g/mol. The van der Waals surface area contributed by atoms with E-state index >= 15 is 0 Å². The minimum atomic E-state index is -0.614. The second-order valence-electron chi connectivity index (χ2n) is 15.8. The van der Waals surface area contributed by atoms with Crippen LogP contribution in [0.15, 0.2) is 48.6 Å². The second-order valence-corrected chi connectivity index (χ2v) is 15.8. The summed E-state index contributed by atoms with van der Waals surface area (Å²) in [6, 6.07) is -0.828. The maximum atomic E-state index is 13.4. The number of hydrogen-bond acceptors (Lipinski definition) is 5. The quantitative estimate of drug-likeness (QED) is 0.0410. The molecule has 7 nitrogen and oxygen atoms in total. The molecule has 2 rings (SSSR count). The molecule has 308 valence electrons. The fourth-order valence-corrected chi connectivity index (χ4v) is 7.45. The Morgan fingerprint density at radius 2 is 1.09 bits per heavy atom. The molecule has 0 aliphatic carbocycles. The molecule has 0 aromatic heterocycles. The van der Waals surface area contributed by atoms with E-state index < -0.39 is 6.04 Å². The molecular weight excluding hydrogens is 671 g/mol. The summed E-state index contributed by atoms with van der Waals surface area (Å²) in [4.78, 5) is 43.4. The molecule has 0 bridgehead atoms. The standard InChI is InChI=1S/C47H81N3O4/c1-3-5-7-9-11-13-15-17-19-21-23-25-27-29-31-35-39-54-47(53)44-40-43(48-45(51)42-49-37-33-34-38-49)41-50(44)46(52)36-32-30-28-26-24-22-20-18-16-14-12-10-8-6-4-2/h11-14,17-20,43-44H,3-10,15-16,21-42H2,1-2H3,(H,48,51)/b13-11-,14-12-,19-17-,20-18-. The van der Waals surface area contributed by atoms with Gasteiger partial charge in [-0.05, 0) is 103 Å². The van der Waals surface area contributed by atoms with Gasteiger partial charge in [0.05, 0.1) is 13.2 Å². The Hall–Kier alpha value is -2.67. The molecule has 2 unspecified atom stereocenters. The number of ether oxygens (including phenoxy) is 1.